The van der Waals surface area contributed by atoms with E-state index in [0.29, 0.717) is 12.9 Å². The molecule has 0 aromatic rings. The lowest BCUT2D eigenvalue weighted by Crippen LogP contribution is -2.04. The van der Waals surface area contributed by atoms with Crippen molar-refractivity contribution >= 4 is 12.3 Å². The zero-order valence-electron chi connectivity index (χ0n) is 5.92. The van der Waals surface area contributed by atoms with Crippen LogP contribution >= 0.6 is 0 Å². The first-order valence-corrected chi connectivity index (χ1v) is 2.99. The van der Waals surface area contributed by atoms with Crippen LogP contribution in [0.15, 0.2) is 12.2 Å². The maximum Gasteiger partial charge on any atom is 0.310 e. The topological polar surface area (TPSA) is 43.4 Å². The van der Waals surface area contributed by atoms with Crippen molar-refractivity contribution in [2.45, 2.75) is 13.3 Å². The van der Waals surface area contributed by atoms with Crippen LogP contribution in [-0.2, 0) is 14.3 Å². The van der Waals surface area contributed by atoms with Gasteiger partial charge in [0.2, 0.25) is 0 Å². The van der Waals surface area contributed by atoms with Gasteiger partial charge in [-0.15, -0.1) is 0 Å². The SMILES string of the molecule is C=C(C=O)CC(=O)OCC. The molecule has 0 aromatic heterocycles. The van der Waals surface area contributed by atoms with Crippen molar-refractivity contribution in [3.8, 4) is 0 Å². The minimum atomic E-state index is -0.403. The van der Waals surface area contributed by atoms with Crippen LogP contribution in [0.3, 0.4) is 0 Å². The zero-order chi connectivity index (χ0) is 7.98. The molecule has 0 bridgehead atoms. The largest absolute Gasteiger partial charge is 0.466 e. The Morgan fingerprint density at radius 1 is 1.70 bits per heavy atom. The molecule has 0 saturated heterocycles. The molecule has 0 heterocycles. The molecule has 0 aromatic carbocycles. The van der Waals surface area contributed by atoms with E-state index in [1.165, 1.54) is 0 Å². The first-order chi connectivity index (χ1) is 4.70. The van der Waals surface area contributed by atoms with E-state index in [9.17, 15) is 9.59 Å². The third-order valence-corrected chi connectivity index (χ3v) is 0.843. The van der Waals surface area contributed by atoms with Crippen LogP contribution in [-0.4, -0.2) is 18.9 Å². The Bertz CT molecular complexity index is 149. The van der Waals surface area contributed by atoms with E-state index >= 15 is 0 Å². The van der Waals surface area contributed by atoms with Crippen molar-refractivity contribution in [3.63, 3.8) is 0 Å². The summed E-state index contributed by atoms with van der Waals surface area (Å²) in [5.74, 6) is -0.403. The van der Waals surface area contributed by atoms with Crippen LogP contribution in [0.4, 0.5) is 0 Å². The Morgan fingerprint density at radius 3 is 2.70 bits per heavy atom. The average Bonchev–Trinajstić information content (AvgIpc) is 1.88. The number of esters is 1. The number of carbonyl (C=O) groups is 2. The van der Waals surface area contributed by atoms with Gasteiger partial charge in [-0.3, -0.25) is 9.59 Å². The summed E-state index contributed by atoms with van der Waals surface area (Å²) in [6, 6.07) is 0. The van der Waals surface area contributed by atoms with E-state index in [4.69, 9.17) is 0 Å². The van der Waals surface area contributed by atoms with Crippen LogP contribution < -0.4 is 0 Å². The van der Waals surface area contributed by atoms with Gasteiger partial charge in [0, 0.05) is 0 Å². The van der Waals surface area contributed by atoms with Gasteiger partial charge in [-0.25, -0.2) is 0 Å². The fourth-order valence-electron chi connectivity index (χ4n) is 0.439. The highest BCUT2D eigenvalue weighted by Crippen LogP contribution is 1.95. The molecule has 56 valence electrons. The maximum atomic E-state index is 10.6. The minimum Gasteiger partial charge on any atom is -0.466 e. The van der Waals surface area contributed by atoms with Crippen LogP contribution in [0, 0.1) is 0 Å². The quantitative estimate of drug-likeness (QED) is 0.329. The normalized spacial score (nSPS) is 8.50. The molecule has 0 radical (unpaired) electrons. The Morgan fingerprint density at radius 2 is 2.30 bits per heavy atom. The molecule has 0 aliphatic heterocycles. The molecule has 0 N–H and O–H groups in total. The lowest BCUT2D eigenvalue weighted by molar-refractivity contribution is -0.142. The number of rotatable bonds is 4. The summed E-state index contributed by atoms with van der Waals surface area (Å²) in [6.07, 6.45) is 0.550. The van der Waals surface area contributed by atoms with Crippen molar-refractivity contribution in [1.29, 1.82) is 0 Å². The van der Waals surface area contributed by atoms with E-state index in [-0.39, 0.29) is 12.0 Å². The second kappa shape index (κ2) is 4.73. The number of hydrogen-bond acceptors (Lipinski definition) is 3. The van der Waals surface area contributed by atoms with Crippen molar-refractivity contribution in [2.24, 2.45) is 0 Å². The lowest BCUT2D eigenvalue weighted by atomic mass is 10.2. The number of carbonyl (C=O) groups excluding carboxylic acids is 2. The summed E-state index contributed by atoms with van der Waals surface area (Å²) in [6.45, 7) is 5.37. The van der Waals surface area contributed by atoms with Crippen LogP contribution in [0.25, 0.3) is 0 Å². The molecule has 0 saturated carbocycles. The monoisotopic (exact) mass is 142 g/mol. The summed E-state index contributed by atoms with van der Waals surface area (Å²) in [4.78, 5) is 20.5. The van der Waals surface area contributed by atoms with Gasteiger partial charge < -0.3 is 4.74 Å². The molecule has 0 rings (SSSR count). The van der Waals surface area contributed by atoms with Gasteiger partial charge >= 0.3 is 5.97 Å². The number of hydrogen-bond donors (Lipinski definition) is 0. The minimum absolute atomic E-state index is 0.00264. The smallest absolute Gasteiger partial charge is 0.310 e. The van der Waals surface area contributed by atoms with E-state index in [1.807, 2.05) is 0 Å². The third kappa shape index (κ3) is 3.83. The van der Waals surface area contributed by atoms with Gasteiger partial charge in [0.25, 0.3) is 0 Å². The van der Waals surface area contributed by atoms with Gasteiger partial charge in [-0.2, -0.15) is 0 Å². The summed E-state index contributed by atoms with van der Waals surface area (Å²) < 4.78 is 4.56. The van der Waals surface area contributed by atoms with Gasteiger partial charge in [0.05, 0.1) is 13.0 Å². The molecule has 10 heavy (non-hydrogen) atoms. The van der Waals surface area contributed by atoms with Crippen LogP contribution in [0.2, 0.25) is 0 Å². The molecule has 3 nitrogen and oxygen atoms in total. The Hall–Kier alpha value is -1.12. The average molecular weight is 142 g/mol. The fraction of sp³-hybridized carbons (Fsp3) is 0.429. The molecule has 0 spiro atoms. The summed E-state index contributed by atoms with van der Waals surface area (Å²) in [5, 5.41) is 0. The van der Waals surface area contributed by atoms with Gasteiger partial charge in [0.15, 0.2) is 0 Å². The summed E-state index contributed by atoms with van der Waals surface area (Å²) >= 11 is 0. The molecule has 3 heteroatoms. The van der Waals surface area contributed by atoms with Crippen molar-refractivity contribution < 1.29 is 14.3 Å². The fourth-order valence-corrected chi connectivity index (χ4v) is 0.439. The molecule has 0 amide bonds. The van der Waals surface area contributed by atoms with Gasteiger partial charge in [0.1, 0.15) is 6.29 Å². The predicted octanol–water partition coefficient (Wildman–Crippen LogP) is 0.695. The predicted molar refractivity (Wildman–Crippen MR) is 36.5 cm³/mol. The molecule has 0 aliphatic carbocycles. The van der Waals surface area contributed by atoms with Crippen molar-refractivity contribution in [1.82, 2.24) is 0 Å². The standard InChI is InChI=1S/C7H10O3/c1-3-10-7(9)4-6(2)5-8/h5H,2-4H2,1H3. The Kier molecular flexibility index (Phi) is 4.20. The second-order valence-corrected chi connectivity index (χ2v) is 1.76. The maximum absolute atomic E-state index is 10.6. The van der Waals surface area contributed by atoms with Gasteiger partial charge in [-0.05, 0) is 12.5 Å². The van der Waals surface area contributed by atoms with E-state index in [1.54, 1.807) is 6.92 Å². The van der Waals surface area contributed by atoms with Crippen LogP contribution in [0.1, 0.15) is 13.3 Å². The van der Waals surface area contributed by atoms with Crippen molar-refractivity contribution in [2.75, 3.05) is 6.61 Å². The third-order valence-electron chi connectivity index (χ3n) is 0.843. The number of ether oxygens (including phenoxy) is 1. The Balaban J connectivity index is 3.57. The molecule has 0 unspecified atom stereocenters. The number of aldehydes is 1. The lowest BCUT2D eigenvalue weighted by Gasteiger charge is -1.98. The van der Waals surface area contributed by atoms with Crippen molar-refractivity contribution in [3.05, 3.63) is 12.2 Å². The van der Waals surface area contributed by atoms with Gasteiger partial charge in [-0.1, -0.05) is 6.58 Å². The van der Waals surface area contributed by atoms with E-state index < -0.39 is 5.97 Å². The second-order valence-electron chi connectivity index (χ2n) is 1.76. The van der Waals surface area contributed by atoms with E-state index in [0.717, 1.165) is 0 Å². The molecule has 0 atom stereocenters. The highest BCUT2D eigenvalue weighted by Gasteiger charge is 2.02. The van der Waals surface area contributed by atoms with Crippen LogP contribution in [0.5, 0.6) is 0 Å². The summed E-state index contributed by atoms with van der Waals surface area (Å²) in [7, 11) is 0. The molecule has 0 aliphatic rings. The first kappa shape index (κ1) is 8.88. The highest BCUT2D eigenvalue weighted by atomic mass is 16.5. The first-order valence-electron chi connectivity index (χ1n) is 2.99. The Labute approximate surface area is 59.7 Å². The zero-order valence-corrected chi connectivity index (χ0v) is 5.92. The molecular weight excluding hydrogens is 132 g/mol. The summed E-state index contributed by atoms with van der Waals surface area (Å²) in [5.41, 5.74) is 0.249. The molecular formula is C7H10O3. The highest BCUT2D eigenvalue weighted by molar-refractivity contribution is 5.83. The molecule has 0 fully saturated rings. The van der Waals surface area contributed by atoms with E-state index in [2.05, 4.69) is 11.3 Å².